The van der Waals surface area contributed by atoms with Gasteiger partial charge in [-0.1, -0.05) is 31.6 Å². The Kier molecular flexibility index (Phi) is 5.37. The normalized spacial score (nSPS) is 19.9. The Morgan fingerprint density at radius 2 is 2.12 bits per heavy atom. The maximum Gasteiger partial charge on any atom is 0.359 e. The van der Waals surface area contributed by atoms with E-state index in [-0.39, 0.29) is 11.3 Å². The van der Waals surface area contributed by atoms with E-state index in [9.17, 15) is 4.79 Å². The molecule has 6 heteroatoms. The summed E-state index contributed by atoms with van der Waals surface area (Å²) in [5.41, 5.74) is 3.65. The first-order chi connectivity index (χ1) is 12.5. The van der Waals surface area contributed by atoms with E-state index < -0.39 is 5.97 Å². The number of hydrogen-bond donors (Lipinski definition) is 0. The van der Waals surface area contributed by atoms with Crippen LogP contribution in [0.15, 0.2) is 41.5 Å². The van der Waals surface area contributed by atoms with Crippen molar-refractivity contribution in [1.29, 1.82) is 0 Å². The van der Waals surface area contributed by atoms with Crippen LogP contribution in [0.5, 0.6) is 5.75 Å². The van der Waals surface area contributed by atoms with E-state index in [2.05, 4.69) is 25.0 Å². The second-order valence-corrected chi connectivity index (χ2v) is 6.88. The van der Waals surface area contributed by atoms with Crippen LogP contribution in [-0.4, -0.2) is 35.3 Å². The van der Waals surface area contributed by atoms with Crippen LogP contribution in [0.1, 0.15) is 30.8 Å². The third-order valence-electron chi connectivity index (χ3n) is 4.96. The molecule has 0 fully saturated rings. The van der Waals surface area contributed by atoms with E-state index in [1.165, 1.54) is 18.3 Å². The van der Waals surface area contributed by atoms with Gasteiger partial charge in [-0.05, 0) is 30.0 Å². The number of halogens is 1. The fourth-order valence-electron chi connectivity index (χ4n) is 3.48. The van der Waals surface area contributed by atoms with Gasteiger partial charge < -0.3 is 9.47 Å². The minimum absolute atomic E-state index is 0.00814. The van der Waals surface area contributed by atoms with Gasteiger partial charge in [0.05, 0.1) is 31.7 Å². The number of allylic oxidation sites excluding steroid dienone is 4. The first-order valence-electron chi connectivity index (χ1n) is 8.67. The van der Waals surface area contributed by atoms with E-state index in [0.29, 0.717) is 18.0 Å². The van der Waals surface area contributed by atoms with E-state index in [1.54, 1.807) is 7.11 Å². The molecule has 0 amide bonds. The Balaban J connectivity index is 2.11. The molecule has 138 valence electrons. The van der Waals surface area contributed by atoms with Gasteiger partial charge in [-0.15, -0.1) is 11.6 Å². The van der Waals surface area contributed by atoms with Crippen LogP contribution in [0.4, 0.5) is 0 Å². The number of rotatable bonds is 5. The summed E-state index contributed by atoms with van der Waals surface area (Å²) in [6.45, 7) is 4.84. The van der Waals surface area contributed by atoms with Gasteiger partial charge in [0.15, 0.2) is 5.69 Å². The van der Waals surface area contributed by atoms with Gasteiger partial charge in [0, 0.05) is 11.5 Å². The molecule has 2 unspecified atom stereocenters. The molecule has 3 rings (SSSR count). The maximum absolute atomic E-state index is 12.1. The monoisotopic (exact) mass is 374 g/mol. The van der Waals surface area contributed by atoms with E-state index in [4.69, 9.17) is 21.1 Å². The minimum atomic E-state index is -0.447. The summed E-state index contributed by atoms with van der Waals surface area (Å²) in [5, 5.41) is 5.29. The van der Waals surface area contributed by atoms with Crippen LogP contribution < -0.4 is 4.74 Å². The lowest BCUT2D eigenvalue weighted by molar-refractivity contribution is 0.0595. The van der Waals surface area contributed by atoms with Crippen LogP contribution in [-0.2, 0) is 11.3 Å². The third-order valence-corrected chi connectivity index (χ3v) is 5.48. The summed E-state index contributed by atoms with van der Waals surface area (Å²) < 4.78 is 12.1. The highest BCUT2D eigenvalue weighted by molar-refractivity contribution is 6.22. The predicted molar refractivity (Wildman–Crippen MR) is 103 cm³/mol. The van der Waals surface area contributed by atoms with Gasteiger partial charge >= 0.3 is 5.97 Å². The number of carbonyl (C=O) groups is 1. The molecule has 5 nitrogen and oxygen atoms in total. The first-order valence-corrected chi connectivity index (χ1v) is 9.10. The maximum atomic E-state index is 12.1. The van der Waals surface area contributed by atoms with Crippen molar-refractivity contribution in [2.45, 2.75) is 32.2 Å². The molecule has 2 aromatic rings. The first kappa shape index (κ1) is 18.5. The smallest absolute Gasteiger partial charge is 0.359 e. The highest BCUT2D eigenvalue weighted by Gasteiger charge is 2.24. The van der Waals surface area contributed by atoms with Crippen molar-refractivity contribution in [3.8, 4) is 5.75 Å². The molecule has 1 aliphatic carbocycles. The second-order valence-electron chi connectivity index (χ2n) is 6.38. The molecule has 0 radical (unpaired) electrons. The number of alkyl halides is 1. The molecule has 0 aliphatic heterocycles. The lowest BCUT2D eigenvalue weighted by Gasteiger charge is -2.25. The topological polar surface area (TPSA) is 53.4 Å². The molecule has 0 N–H and O–H groups in total. The fourth-order valence-corrected chi connectivity index (χ4v) is 3.70. The number of hydrogen-bond acceptors (Lipinski definition) is 4. The predicted octanol–water partition coefficient (Wildman–Crippen LogP) is 4.35. The van der Waals surface area contributed by atoms with Crippen molar-refractivity contribution >= 4 is 28.5 Å². The second kappa shape index (κ2) is 7.54. The number of esters is 1. The standard InChI is InChI=1S/C20H23ClN2O3/c1-5-15-12(2)17(21)9-6-13(15)11-23-18-10-14(25-3)7-8-16(18)19(22-23)20(24)26-4/h6-10,12,17H,5,11H2,1-4H3. The number of fused-ring (bicyclic) bond motifs is 1. The lowest BCUT2D eigenvalue weighted by atomic mass is 9.86. The number of benzene rings is 1. The van der Waals surface area contributed by atoms with E-state index in [1.807, 2.05) is 29.0 Å². The number of carbonyl (C=O) groups excluding carboxylic acids is 1. The van der Waals surface area contributed by atoms with Crippen molar-refractivity contribution < 1.29 is 14.3 Å². The number of aromatic nitrogens is 2. The highest BCUT2D eigenvalue weighted by Crippen LogP contribution is 2.33. The molecule has 2 atom stereocenters. The molecular formula is C20H23ClN2O3. The zero-order valence-electron chi connectivity index (χ0n) is 15.5. The van der Waals surface area contributed by atoms with E-state index >= 15 is 0 Å². The fraction of sp³-hybridized carbons (Fsp3) is 0.400. The Bertz CT molecular complexity index is 898. The Morgan fingerprint density at radius 1 is 1.35 bits per heavy atom. The number of ether oxygens (including phenoxy) is 2. The zero-order valence-corrected chi connectivity index (χ0v) is 16.2. The molecule has 0 saturated heterocycles. The SMILES string of the molecule is CCC1=C(Cn2nc(C(=O)OC)c3ccc(OC)cc32)C=CC(Cl)C1C. The molecule has 0 bridgehead atoms. The van der Waals surface area contributed by atoms with Gasteiger partial charge in [0.25, 0.3) is 0 Å². The average Bonchev–Trinajstić information content (AvgIpc) is 3.02. The van der Waals surface area contributed by atoms with Crippen molar-refractivity contribution in [3.05, 3.63) is 47.2 Å². The van der Waals surface area contributed by atoms with Crippen molar-refractivity contribution in [1.82, 2.24) is 9.78 Å². The van der Waals surface area contributed by atoms with Crippen LogP contribution in [0, 0.1) is 5.92 Å². The van der Waals surface area contributed by atoms with Crippen molar-refractivity contribution in [2.24, 2.45) is 5.92 Å². The summed E-state index contributed by atoms with van der Waals surface area (Å²) in [4.78, 5) is 12.1. The largest absolute Gasteiger partial charge is 0.497 e. The van der Waals surface area contributed by atoms with Gasteiger partial charge in [-0.2, -0.15) is 5.10 Å². The summed E-state index contributed by atoms with van der Waals surface area (Å²) in [6.07, 6.45) is 5.02. The molecule has 26 heavy (non-hydrogen) atoms. The molecule has 1 aliphatic rings. The average molecular weight is 375 g/mol. The van der Waals surface area contributed by atoms with Gasteiger partial charge in [0.1, 0.15) is 5.75 Å². The quantitative estimate of drug-likeness (QED) is 0.576. The van der Waals surface area contributed by atoms with Crippen molar-refractivity contribution in [3.63, 3.8) is 0 Å². The molecule has 1 heterocycles. The molecular weight excluding hydrogens is 352 g/mol. The molecule has 1 aromatic carbocycles. The Morgan fingerprint density at radius 3 is 2.77 bits per heavy atom. The summed E-state index contributed by atoms with van der Waals surface area (Å²) >= 11 is 6.39. The number of nitrogens with zero attached hydrogens (tertiary/aromatic N) is 2. The summed E-state index contributed by atoms with van der Waals surface area (Å²) in [6, 6.07) is 5.55. The lowest BCUT2D eigenvalue weighted by Crippen LogP contribution is -2.19. The molecule has 0 saturated carbocycles. The van der Waals surface area contributed by atoms with Crippen LogP contribution in [0.3, 0.4) is 0 Å². The van der Waals surface area contributed by atoms with Gasteiger partial charge in [-0.25, -0.2) is 4.79 Å². The van der Waals surface area contributed by atoms with Crippen LogP contribution in [0.25, 0.3) is 10.9 Å². The number of methoxy groups -OCH3 is 2. The van der Waals surface area contributed by atoms with Gasteiger partial charge in [-0.3, -0.25) is 4.68 Å². The van der Waals surface area contributed by atoms with Crippen LogP contribution >= 0.6 is 11.6 Å². The van der Waals surface area contributed by atoms with Gasteiger partial charge in [0.2, 0.25) is 0 Å². The van der Waals surface area contributed by atoms with Crippen LogP contribution in [0.2, 0.25) is 0 Å². The molecule has 0 spiro atoms. The minimum Gasteiger partial charge on any atom is -0.497 e. The van der Waals surface area contributed by atoms with Crippen molar-refractivity contribution in [2.75, 3.05) is 14.2 Å². The van der Waals surface area contributed by atoms with E-state index in [0.717, 1.165) is 17.3 Å². The highest BCUT2D eigenvalue weighted by atomic mass is 35.5. The summed E-state index contributed by atoms with van der Waals surface area (Å²) in [5.74, 6) is 0.545. The molecule has 1 aromatic heterocycles. The Labute approximate surface area is 158 Å². The zero-order chi connectivity index (χ0) is 18.8. The third kappa shape index (κ3) is 3.23. The Hall–Kier alpha value is -2.27. The summed E-state index contributed by atoms with van der Waals surface area (Å²) in [7, 11) is 2.98.